The highest BCUT2D eigenvalue weighted by Gasteiger charge is 2.24. The maximum atomic E-state index is 12.7. The van der Waals surface area contributed by atoms with Crippen LogP contribution >= 0.6 is 22.7 Å². The van der Waals surface area contributed by atoms with E-state index in [2.05, 4.69) is 4.98 Å². The maximum absolute atomic E-state index is 12.7. The van der Waals surface area contributed by atoms with Gasteiger partial charge in [-0.1, -0.05) is 30.4 Å². The molecule has 3 aromatic heterocycles. The molecule has 1 amide bonds. The molecule has 1 aromatic carbocycles. The average molecular weight is 443 g/mol. The number of thiazole rings is 1. The van der Waals surface area contributed by atoms with Crippen molar-refractivity contribution in [3.8, 4) is 21.8 Å². The van der Waals surface area contributed by atoms with Crippen LogP contribution in [0.4, 0.5) is 5.69 Å². The Kier molecular flexibility index (Phi) is 5.55. The fourth-order valence-electron chi connectivity index (χ4n) is 3.05. The highest BCUT2D eigenvalue weighted by Crippen LogP contribution is 2.43. The van der Waals surface area contributed by atoms with E-state index in [-0.39, 0.29) is 0 Å². The molecular formula is C20H18N4O2S3. The van der Waals surface area contributed by atoms with Gasteiger partial charge in [0.25, 0.3) is 0 Å². The number of nitrogens with zero attached hydrogens (tertiary/aromatic N) is 2. The monoisotopic (exact) mass is 442 g/mol. The molecule has 4 rings (SSSR count). The first kappa shape index (κ1) is 19.8. The van der Waals surface area contributed by atoms with E-state index in [0.717, 1.165) is 38.5 Å². The first-order valence-electron chi connectivity index (χ1n) is 8.91. The Morgan fingerprint density at radius 2 is 2.03 bits per heavy atom. The van der Waals surface area contributed by atoms with Crippen LogP contribution in [-0.2, 0) is 11.2 Å². The zero-order valence-corrected chi connectivity index (χ0v) is 18.0. The minimum atomic E-state index is -1.17. The Morgan fingerprint density at radius 3 is 2.66 bits per heavy atom. The predicted molar refractivity (Wildman–Crippen MR) is 121 cm³/mol. The molecule has 0 saturated heterocycles. The van der Waals surface area contributed by atoms with E-state index < -0.39 is 17.1 Å². The van der Waals surface area contributed by atoms with Gasteiger partial charge in [0.15, 0.2) is 0 Å². The molecule has 148 valence electrons. The van der Waals surface area contributed by atoms with E-state index in [0.29, 0.717) is 21.2 Å². The molecule has 0 radical (unpaired) electrons. The molecule has 1 atom stereocenters. The number of primary amides is 1. The van der Waals surface area contributed by atoms with Crippen LogP contribution in [0.3, 0.4) is 0 Å². The Morgan fingerprint density at radius 1 is 1.28 bits per heavy atom. The van der Waals surface area contributed by atoms with Crippen molar-refractivity contribution in [2.45, 2.75) is 17.6 Å². The van der Waals surface area contributed by atoms with Gasteiger partial charge in [0.1, 0.15) is 27.0 Å². The van der Waals surface area contributed by atoms with E-state index in [4.69, 9.17) is 16.5 Å². The minimum Gasteiger partial charge on any atom is -0.611 e. The molecule has 0 saturated carbocycles. The van der Waals surface area contributed by atoms with Gasteiger partial charge in [0.05, 0.1) is 0 Å². The molecule has 0 bridgehead atoms. The Labute approximate surface area is 178 Å². The summed E-state index contributed by atoms with van der Waals surface area (Å²) in [6.07, 6.45) is 2.54. The molecule has 9 heteroatoms. The van der Waals surface area contributed by atoms with Gasteiger partial charge in [-0.05, 0) is 46.9 Å². The van der Waals surface area contributed by atoms with Gasteiger partial charge < -0.3 is 16.0 Å². The molecule has 3 heterocycles. The number of anilines is 1. The van der Waals surface area contributed by atoms with Crippen molar-refractivity contribution in [2.75, 3.05) is 11.5 Å². The lowest BCUT2D eigenvalue weighted by molar-refractivity contribution is 0.100. The van der Waals surface area contributed by atoms with Crippen LogP contribution in [0.15, 0.2) is 46.1 Å². The molecular weight excluding hydrogens is 424 g/mol. The topological polar surface area (TPSA) is 118 Å². The number of carbonyl (C=O) groups excluding carboxylic acids is 1. The number of fused-ring (bicyclic) bond motifs is 1. The Hall–Kier alpha value is -2.46. The molecule has 4 N–H and O–H groups in total. The van der Waals surface area contributed by atoms with Crippen LogP contribution in [0.25, 0.3) is 32.0 Å². The number of rotatable bonds is 6. The predicted octanol–water partition coefficient (Wildman–Crippen LogP) is 4.29. The molecule has 1 unspecified atom stereocenters. The second-order valence-corrected chi connectivity index (χ2v) is 10.0. The van der Waals surface area contributed by atoms with E-state index >= 15 is 0 Å². The maximum Gasteiger partial charge on any atom is 0.248 e. The average Bonchev–Trinajstić information content (AvgIpc) is 3.36. The number of nitrogens with two attached hydrogens (primary N) is 2. The summed E-state index contributed by atoms with van der Waals surface area (Å²) in [5.41, 5.74) is 15.2. The summed E-state index contributed by atoms with van der Waals surface area (Å²) in [6, 6.07) is 8.98. The van der Waals surface area contributed by atoms with Crippen molar-refractivity contribution in [3.63, 3.8) is 0 Å². The highest BCUT2D eigenvalue weighted by atomic mass is 32.2. The van der Waals surface area contributed by atoms with Gasteiger partial charge in [-0.3, -0.25) is 4.79 Å². The summed E-state index contributed by atoms with van der Waals surface area (Å²) in [5, 5.41) is 3.47. The summed E-state index contributed by atoms with van der Waals surface area (Å²) in [5.74, 6) is 0.0751. The SMILES string of the molecule is CCC[S+]([O-])c1sc2nc(-c3nccs3)cc(-c3ccc(C(N)=O)cc3)c2c1N. The van der Waals surface area contributed by atoms with Crippen molar-refractivity contribution in [1.29, 1.82) is 0 Å². The van der Waals surface area contributed by atoms with Crippen LogP contribution in [-0.4, -0.2) is 26.2 Å². The van der Waals surface area contributed by atoms with E-state index in [9.17, 15) is 9.35 Å². The normalized spacial score (nSPS) is 12.3. The van der Waals surface area contributed by atoms with Gasteiger partial charge >= 0.3 is 0 Å². The van der Waals surface area contributed by atoms with Crippen LogP contribution < -0.4 is 11.5 Å². The summed E-state index contributed by atoms with van der Waals surface area (Å²) < 4.78 is 13.3. The van der Waals surface area contributed by atoms with Crippen molar-refractivity contribution in [3.05, 3.63) is 47.5 Å². The fourth-order valence-corrected chi connectivity index (χ4v) is 6.26. The summed E-state index contributed by atoms with van der Waals surface area (Å²) >= 11 is 1.70. The zero-order valence-electron chi connectivity index (χ0n) is 15.5. The van der Waals surface area contributed by atoms with Crippen LogP contribution in [0.1, 0.15) is 23.7 Å². The van der Waals surface area contributed by atoms with Crippen LogP contribution in [0.2, 0.25) is 0 Å². The quantitative estimate of drug-likeness (QED) is 0.432. The summed E-state index contributed by atoms with van der Waals surface area (Å²) in [7, 11) is 0. The van der Waals surface area contributed by atoms with Gasteiger partial charge in [-0.2, -0.15) is 0 Å². The zero-order chi connectivity index (χ0) is 20.5. The lowest BCUT2D eigenvalue weighted by Gasteiger charge is -2.09. The lowest BCUT2D eigenvalue weighted by Crippen LogP contribution is -2.10. The molecule has 0 aliphatic heterocycles. The van der Waals surface area contributed by atoms with Crippen molar-refractivity contribution < 1.29 is 9.35 Å². The van der Waals surface area contributed by atoms with Crippen LogP contribution in [0.5, 0.6) is 0 Å². The third kappa shape index (κ3) is 3.74. The number of thiophene rings is 1. The first-order valence-corrected chi connectivity index (χ1v) is 11.9. The second kappa shape index (κ2) is 8.11. The van der Waals surface area contributed by atoms with E-state index in [1.807, 2.05) is 30.5 Å². The lowest BCUT2D eigenvalue weighted by atomic mass is 10.0. The molecule has 0 fully saturated rings. The standard InChI is InChI=1S/C20H18N4O2S3/c1-2-9-29(26)20-16(21)15-13(11-3-5-12(6-4-11)17(22)25)10-14(24-19(15)28-20)18-23-7-8-27-18/h3-8,10H,2,9,21H2,1H3,(H2,22,25). The largest absolute Gasteiger partial charge is 0.611 e. The fraction of sp³-hybridized carbons (Fsp3) is 0.150. The van der Waals surface area contributed by atoms with E-state index in [1.54, 1.807) is 18.3 Å². The number of benzene rings is 1. The third-order valence-corrected chi connectivity index (χ3v) is 8.30. The van der Waals surface area contributed by atoms with Gasteiger partial charge in [-0.25, -0.2) is 9.97 Å². The Balaban J connectivity index is 1.95. The number of nitrogen functional groups attached to an aromatic ring is 1. The van der Waals surface area contributed by atoms with E-state index in [1.165, 1.54) is 22.7 Å². The molecule has 29 heavy (non-hydrogen) atoms. The second-order valence-electron chi connectivity index (χ2n) is 6.37. The smallest absolute Gasteiger partial charge is 0.248 e. The number of amides is 1. The van der Waals surface area contributed by atoms with Crippen molar-refractivity contribution in [2.24, 2.45) is 5.73 Å². The minimum absolute atomic E-state index is 0.433. The molecule has 0 aliphatic rings. The number of hydrogen-bond acceptors (Lipinski definition) is 7. The van der Waals surface area contributed by atoms with Gasteiger partial charge in [0, 0.05) is 22.5 Å². The summed E-state index contributed by atoms with van der Waals surface area (Å²) in [6.45, 7) is 1.99. The Bertz CT molecular complexity index is 1170. The third-order valence-electron chi connectivity index (χ3n) is 4.39. The number of hydrogen-bond donors (Lipinski definition) is 2. The molecule has 4 aromatic rings. The number of aromatic nitrogens is 2. The van der Waals surface area contributed by atoms with Gasteiger partial charge in [-0.15, -0.1) is 11.3 Å². The number of carbonyl (C=O) groups is 1. The number of pyridine rings is 1. The highest BCUT2D eigenvalue weighted by molar-refractivity contribution is 7.93. The van der Waals surface area contributed by atoms with Crippen molar-refractivity contribution >= 4 is 55.7 Å². The molecule has 6 nitrogen and oxygen atoms in total. The van der Waals surface area contributed by atoms with Crippen LogP contribution in [0, 0.1) is 0 Å². The summed E-state index contributed by atoms with van der Waals surface area (Å²) in [4.78, 5) is 21.3. The molecule has 0 spiro atoms. The molecule has 0 aliphatic carbocycles. The van der Waals surface area contributed by atoms with Gasteiger partial charge in [0.2, 0.25) is 10.1 Å². The van der Waals surface area contributed by atoms with Crippen molar-refractivity contribution in [1.82, 2.24) is 9.97 Å². The first-order chi connectivity index (χ1) is 14.0.